The topological polar surface area (TPSA) is 84.2 Å². The maximum atomic E-state index is 11.8. The monoisotopic (exact) mass is 353 g/mol. The van der Waals surface area contributed by atoms with E-state index in [-0.39, 0.29) is 11.0 Å². The predicted octanol–water partition coefficient (Wildman–Crippen LogP) is 2.98. The van der Waals surface area contributed by atoms with Crippen LogP contribution in [0.3, 0.4) is 0 Å². The quantitative estimate of drug-likeness (QED) is 0.711. The molecule has 2 rings (SSSR count). The highest BCUT2D eigenvalue weighted by Gasteiger charge is 2.26. The number of unbranched alkanes of at least 4 members (excludes halogenated alkanes) is 1. The number of carbonyl (C=O) groups excluding carboxylic acids is 2. The van der Waals surface area contributed by atoms with Crippen molar-refractivity contribution >= 4 is 45.5 Å². The molecule has 0 unspecified atom stereocenters. The maximum Gasteiger partial charge on any atom is 0.251 e. The molecule has 0 saturated carbocycles. The molecule has 0 spiro atoms. The van der Waals surface area contributed by atoms with Gasteiger partial charge >= 0.3 is 0 Å². The molecule has 0 radical (unpaired) electrons. The summed E-state index contributed by atoms with van der Waals surface area (Å²) in [6.07, 6.45) is 5.10. The lowest BCUT2D eigenvalue weighted by Gasteiger charge is -2.18. The number of carbonyl (C=O) groups is 2. The Kier molecular flexibility index (Phi) is 6.12. The third-order valence-corrected chi connectivity index (χ3v) is 5.37. The van der Waals surface area contributed by atoms with Crippen LogP contribution in [0.1, 0.15) is 60.3 Å². The van der Waals surface area contributed by atoms with Gasteiger partial charge in [0.25, 0.3) is 5.91 Å². The smallest absolute Gasteiger partial charge is 0.251 e. The molecule has 1 aromatic rings. The van der Waals surface area contributed by atoms with E-state index in [0.29, 0.717) is 22.9 Å². The van der Waals surface area contributed by atoms with Gasteiger partial charge in [0, 0.05) is 11.3 Å². The molecule has 5 nitrogen and oxygen atoms in total. The van der Waals surface area contributed by atoms with E-state index in [1.165, 1.54) is 16.2 Å². The molecule has 0 bridgehead atoms. The number of fused-ring (bicyclic) bond motifs is 1. The van der Waals surface area contributed by atoms with Crippen molar-refractivity contribution in [2.75, 3.05) is 5.32 Å². The Morgan fingerprint density at radius 1 is 1.43 bits per heavy atom. The second-order valence-corrected chi connectivity index (χ2v) is 7.54. The van der Waals surface area contributed by atoms with Crippen LogP contribution in [0.15, 0.2) is 0 Å². The maximum absolute atomic E-state index is 11.8. The van der Waals surface area contributed by atoms with Crippen molar-refractivity contribution < 1.29 is 9.59 Å². The van der Waals surface area contributed by atoms with E-state index in [1.54, 1.807) is 0 Å². The lowest BCUT2D eigenvalue weighted by atomic mass is 9.88. The zero-order valence-corrected chi connectivity index (χ0v) is 15.2. The standard InChI is InChI=1S/C16H23N3O2S2/c1-3-4-5-12(20)18-16(22)19-15-13(14(17)21)10-7-6-9(2)8-11(10)23-15/h9H,3-8H2,1-2H3,(H2,17,21)(H2,18,19,20,22)/t9-/m1/s1. The highest BCUT2D eigenvalue weighted by atomic mass is 32.1. The van der Waals surface area contributed by atoms with E-state index in [2.05, 4.69) is 17.6 Å². The fraction of sp³-hybridized carbons (Fsp3) is 0.562. The lowest BCUT2D eigenvalue weighted by molar-refractivity contribution is -0.119. The summed E-state index contributed by atoms with van der Waals surface area (Å²) in [4.78, 5) is 24.8. The van der Waals surface area contributed by atoms with Gasteiger partial charge in [0.2, 0.25) is 5.91 Å². The van der Waals surface area contributed by atoms with E-state index in [4.69, 9.17) is 18.0 Å². The fourth-order valence-electron chi connectivity index (χ4n) is 2.76. The average Bonchev–Trinajstić information content (AvgIpc) is 2.81. The van der Waals surface area contributed by atoms with Crippen LogP contribution in [0, 0.1) is 5.92 Å². The molecule has 1 atom stereocenters. The van der Waals surface area contributed by atoms with Crippen LogP contribution in [-0.2, 0) is 17.6 Å². The van der Waals surface area contributed by atoms with Crippen LogP contribution < -0.4 is 16.4 Å². The molecule has 1 aromatic heterocycles. The minimum Gasteiger partial charge on any atom is -0.365 e. The number of anilines is 1. The van der Waals surface area contributed by atoms with E-state index in [0.717, 1.165) is 37.7 Å². The van der Waals surface area contributed by atoms with Crippen LogP contribution in [0.25, 0.3) is 0 Å². The van der Waals surface area contributed by atoms with Crippen LogP contribution in [0.2, 0.25) is 0 Å². The first-order valence-corrected chi connectivity index (χ1v) is 9.20. The van der Waals surface area contributed by atoms with Crippen LogP contribution >= 0.6 is 23.6 Å². The summed E-state index contributed by atoms with van der Waals surface area (Å²) in [6.45, 7) is 4.23. The molecule has 126 valence electrons. The Labute approximate surface area is 146 Å². The Balaban J connectivity index is 2.12. The second kappa shape index (κ2) is 7.88. The zero-order chi connectivity index (χ0) is 17.0. The molecule has 7 heteroatoms. The van der Waals surface area contributed by atoms with Crippen molar-refractivity contribution in [1.82, 2.24) is 5.32 Å². The first-order chi connectivity index (χ1) is 10.9. The number of primary amides is 1. The summed E-state index contributed by atoms with van der Waals surface area (Å²) in [5, 5.41) is 6.52. The minimum atomic E-state index is -0.445. The van der Waals surface area contributed by atoms with Gasteiger partial charge in [0.05, 0.1) is 5.56 Å². The van der Waals surface area contributed by atoms with Crippen molar-refractivity contribution in [2.45, 2.75) is 52.4 Å². The van der Waals surface area contributed by atoms with E-state index in [1.807, 2.05) is 6.92 Å². The van der Waals surface area contributed by atoms with Crippen molar-refractivity contribution in [3.05, 3.63) is 16.0 Å². The molecule has 0 aromatic carbocycles. The summed E-state index contributed by atoms with van der Waals surface area (Å²) in [7, 11) is 0. The molecule has 1 heterocycles. The summed E-state index contributed by atoms with van der Waals surface area (Å²) >= 11 is 6.70. The molecule has 0 fully saturated rings. The highest BCUT2D eigenvalue weighted by Crippen LogP contribution is 2.39. The molecular weight excluding hydrogens is 330 g/mol. The summed E-state index contributed by atoms with van der Waals surface area (Å²) in [5.74, 6) is 0.0509. The van der Waals surface area contributed by atoms with Gasteiger partial charge in [-0.15, -0.1) is 11.3 Å². The van der Waals surface area contributed by atoms with Crippen LogP contribution in [-0.4, -0.2) is 16.9 Å². The predicted molar refractivity (Wildman–Crippen MR) is 97.9 cm³/mol. The van der Waals surface area contributed by atoms with Crippen LogP contribution in [0.5, 0.6) is 0 Å². The van der Waals surface area contributed by atoms with Gasteiger partial charge < -0.3 is 16.4 Å². The number of thiophene rings is 1. The Morgan fingerprint density at radius 3 is 2.83 bits per heavy atom. The molecule has 4 N–H and O–H groups in total. The Bertz CT molecular complexity index is 625. The van der Waals surface area contributed by atoms with Gasteiger partial charge in [-0.25, -0.2) is 0 Å². The van der Waals surface area contributed by atoms with Gasteiger partial charge in [-0.1, -0.05) is 20.3 Å². The van der Waals surface area contributed by atoms with E-state index >= 15 is 0 Å². The first-order valence-electron chi connectivity index (χ1n) is 7.97. The molecule has 0 saturated heterocycles. The number of nitrogens with one attached hydrogen (secondary N) is 2. The van der Waals surface area contributed by atoms with Crippen molar-refractivity contribution in [1.29, 1.82) is 0 Å². The Hall–Kier alpha value is -1.47. The van der Waals surface area contributed by atoms with Gasteiger partial charge in [-0.05, 0) is 49.4 Å². The second-order valence-electron chi connectivity index (χ2n) is 6.03. The molecular formula is C16H23N3O2S2. The number of amides is 2. The van der Waals surface area contributed by atoms with Crippen molar-refractivity contribution in [2.24, 2.45) is 11.7 Å². The van der Waals surface area contributed by atoms with Gasteiger partial charge in [-0.3, -0.25) is 9.59 Å². The van der Waals surface area contributed by atoms with E-state index < -0.39 is 5.91 Å². The molecule has 1 aliphatic rings. The Morgan fingerprint density at radius 2 is 2.17 bits per heavy atom. The first kappa shape index (κ1) is 17.9. The highest BCUT2D eigenvalue weighted by molar-refractivity contribution is 7.80. The third-order valence-electron chi connectivity index (χ3n) is 4.00. The number of thiocarbonyl (C=S) groups is 1. The largest absolute Gasteiger partial charge is 0.365 e. The summed E-state index contributed by atoms with van der Waals surface area (Å²) in [6, 6.07) is 0. The summed E-state index contributed by atoms with van der Waals surface area (Å²) in [5.41, 5.74) is 7.13. The zero-order valence-electron chi connectivity index (χ0n) is 13.5. The number of hydrogen-bond acceptors (Lipinski definition) is 4. The molecule has 2 amide bonds. The average molecular weight is 354 g/mol. The van der Waals surface area contributed by atoms with Crippen molar-refractivity contribution in [3.8, 4) is 0 Å². The normalized spacial score (nSPS) is 16.5. The van der Waals surface area contributed by atoms with Crippen LogP contribution in [0.4, 0.5) is 5.00 Å². The number of hydrogen-bond donors (Lipinski definition) is 3. The van der Waals surface area contributed by atoms with Gasteiger partial charge in [0.1, 0.15) is 5.00 Å². The lowest BCUT2D eigenvalue weighted by Crippen LogP contribution is -2.34. The minimum absolute atomic E-state index is 0.111. The molecule has 1 aliphatic carbocycles. The number of rotatable bonds is 5. The summed E-state index contributed by atoms with van der Waals surface area (Å²) < 4.78 is 0. The van der Waals surface area contributed by atoms with Gasteiger partial charge in [-0.2, -0.15) is 0 Å². The molecule has 0 aliphatic heterocycles. The van der Waals surface area contributed by atoms with E-state index in [9.17, 15) is 9.59 Å². The molecule has 23 heavy (non-hydrogen) atoms. The number of nitrogens with two attached hydrogens (primary N) is 1. The third kappa shape index (κ3) is 4.51. The fourth-order valence-corrected chi connectivity index (χ4v) is 4.46. The SMILES string of the molecule is CCCCC(=O)NC(=S)Nc1sc2c(c1C(N)=O)CC[C@@H](C)C2. The van der Waals surface area contributed by atoms with Crippen molar-refractivity contribution in [3.63, 3.8) is 0 Å². The van der Waals surface area contributed by atoms with Gasteiger partial charge in [0.15, 0.2) is 5.11 Å².